The minimum atomic E-state index is -4.16. The van der Waals surface area contributed by atoms with Gasteiger partial charge < -0.3 is 10.2 Å². The number of carbonyl (C=O) groups is 2. The summed E-state index contributed by atoms with van der Waals surface area (Å²) in [7, 11) is -4.16. The largest absolute Gasteiger partial charge is 0.350 e. The van der Waals surface area contributed by atoms with E-state index < -0.39 is 34.1 Å². The summed E-state index contributed by atoms with van der Waals surface area (Å²) in [6.45, 7) is 10.9. The molecule has 0 unspecified atom stereocenters. The molecule has 3 aromatic carbocycles. The van der Waals surface area contributed by atoms with Crippen molar-refractivity contribution >= 4 is 39.1 Å². The molecule has 0 saturated heterocycles. The lowest BCUT2D eigenvalue weighted by Crippen LogP contribution is -2.55. The van der Waals surface area contributed by atoms with E-state index in [1.807, 2.05) is 65.0 Å². The van der Waals surface area contributed by atoms with E-state index in [1.165, 1.54) is 29.2 Å². The summed E-state index contributed by atoms with van der Waals surface area (Å²) < 4.78 is 29.0. The SMILES string of the molecule is CC[C@H](C(=O)NC(C)(C)C)N(Cc1ccccc1C)C(=O)CN(c1ccccc1C)S(=O)(=O)c1ccc(Cl)cc1. The molecule has 9 heteroatoms. The molecule has 0 fully saturated rings. The monoisotopic (exact) mass is 583 g/mol. The van der Waals surface area contributed by atoms with Gasteiger partial charge in [-0.3, -0.25) is 13.9 Å². The number of aryl methyl sites for hydroxylation is 2. The summed E-state index contributed by atoms with van der Waals surface area (Å²) in [5, 5.41) is 3.38. The first-order valence-corrected chi connectivity index (χ1v) is 15.1. The van der Waals surface area contributed by atoms with Crippen LogP contribution in [-0.4, -0.2) is 43.3 Å². The van der Waals surface area contributed by atoms with E-state index in [2.05, 4.69) is 5.32 Å². The Kier molecular flexibility index (Phi) is 10.0. The van der Waals surface area contributed by atoms with E-state index in [1.54, 1.807) is 25.1 Å². The number of amides is 2. The van der Waals surface area contributed by atoms with Crippen molar-refractivity contribution in [3.8, 4) is 0 Å². The molecular formula is C31H38ClN3O4S. The molecule has 0 heterocycles. The topological polar surface area (TPSA) is 86.8 Å². The molecule has 0 aliphatic carbocycles. The van der Waals surface area contributed by atoms with Crippen LogP contribution in [0.1, 0.15) is 50.8 Å². The standard InChI is InChI=1S/C31H38ClN3O4S/c1-7-27(30(37)33-31(4,5)6)34(20-24-14-10-8-12-22(24)2)29(36)21-35(28-15-11-9-13-23(28)3)40(38,39)26-18-16-25(32)17-19-26/h8-19,27H,7,20-21H2,1-6H3,(H,33,37)/t27-/m1/s1. The van der Waals surface area contributed by atoms with E-state index in [-0.39, 0.29) is 17.3 Å². The first-order valence-electron chi connectivity index (χ1n) is 13.2. The third kappa shape index (κ3) is 7.64. The lowest BCUT2D eigenvalue weighted by atomic mass is 10.0. The average molecular weight is 584 g/mol. The number of carbonyl (C=O) groups excluding carboxylic acids is 2. The normalized spacial score (nSPS) is 12.5. The maximum atomic E-state index is 14.2. The smallest absolute Gasteiger partial charge is 0.264 e. The predicted octanol–water partition coefficient (Wildman–Crippen LogP) is 5.87. The first kappa shape index (κ1) is 31.2. The Bertz CT molecular complexity index is 1450. The molecule has 0 saturated carbocycles. The van der Waals surface area contributed by atoms with E-state index in [9.17, 15) is 18.0 Å². The van der Waals surface area contributed by atoms with Gasteiger partial charge in [-0.15, -0.1) is 0 Å². The number of rotatable bonds is 10. The van der Waals surface area contributed by atoms with E-state index >= 15 is 0 Å². The highest BCUT2D eigenvalue weighted by molar-refractivity contribution is 7.92. The van der Waals surface area contributed by atoms with E-state index in [0.29, 0.717) is 22.7 Å². The second-order valence-electron chi connectivity index (χ2n) is 10.9. The first-order chi connectivity index (χ1) is 18.7. The highest BCUT2D eigenvalue weighted by Gasteiger charge is 2.35. The third-order valence-electron chi connectivity index (χ3n) is 6.55. The Hall–Kier alpha value is -3.36. The number of benzene rings is 3. The molecule has 2 amide bonds. The quantitative estimate of drug-likeness (QED) is 0.323. The number of hydrogen-bond acceptors (Lipinski definition) is 4. The van der Waals surface area contributed by atoms with Gasteiger partial charge in [-0.05, 0) is 88.1 Å². The molecule has 40 heavy (non-hydrogen) atoms. The fraction of sp³-hybridized carbons (Fsp3) is 0.355. The Morgan fingerprint density at radius 3 is 2.02 bits per heavy atom. The summed E-state index contributed by atoms with van der Waals surface area (Å²) in [5.74, 6) is -0.778. The van der Waals surface area contributed by atoms with Crippen LogP contribution in [0.2, 0.25) is 5.02 Å². The summed E-state index contributed by atoms with van der Waals surface area (Å²) in [6.07, 6.45) is 0.355. The van der Waals surface area contributed by atoms with Crippen molar-refractivity contribution < 1.29 is 18.0 Å². The number of nitrogens with one attached hydrogen (secondary N) is 1. The molecule has 0 bridgehead atoms. The van der Waals surface area contributed by atoms with Crippen molar-refractivity contribution in [2.45, 2.75) is 71.0 Å². The lowest BCUT2D eigenvalue weighted by molar-refractivity contribution is -0.141. The zero-order valence-electron chi connectivity index (χ0n) is 23.9. The van der Waals surface area contributed by atoms with Crippen LogP contribution in [0.4, 0.5) is 5.69 Å². The number of halogens is 1. The summed E-state index contributed by atoms with van der Waals surface area (Å²) in [6, 6.07) is 19.7. The van der Waals surface area contributed by atoms with Crippen LogP contribution in [0, 0.1) is 13.8 Å². The fourth-order valence-corrected chi connectivity index (χ4v) is 6.04. The summed E-state index contributed by atoms with van der Waals surface area (Å²) >= 11 is 6.02. The molecule has 7 nitrogen and oxygen atoms in total. The average Bonchev–Trinajstić information content (AvgIpc) is 2.88. The highest BCUT2D eigenvalue weighted by atomic mass is 35.5. The van der Waals surface area contributed by atoms with Crippen LogP contribution >= 0.6 is 11.6 Å². The molecule has 0 aliphatic heterocycles. The molecule has 0 spiro atoms. The van der Waals surface area contributed by atoms with Crippen LogP contribution in [-0.2, 0) is 26.2 Å². The molecule has 0 aliphatic rings. The zero-order valence-corrected chi connectivity index (χ0v) is 25.5. The zero-order chi connectivity index (χ0) is 29.7. The van der Waals surface area contributed by atoms with Gasteiger partial charge in [0.05, 0.1) is 10.6 Å². The van der Waals surface area contributed by atoms with Gasteiger partial charge in [0.2, 0.25) is 11.8 Å². The van der Waals surface area contributed by atoms with Crippen molar-refractivity contribution in [2.75, 3.05) is 10.8 Å². The fourth-order valence-electron chi connectivity index (χ4n) is 4.43. The molecule has 0 aromatic heterocycles. The Morgan fingerprint density at radius 2 is 1.48 bits per heavy atom. The van der Waals surface area contributed by atoms with Gasteiger partial charge in [0.15, 0.2) is 0 Å². The number of sulfonamides is 1. The van der Waals surface area contributed by atoms with Crippen LogP contribution < -0.4 is 9.62 Å². The van der Waals surface area contributed by atoms with Crippen LogP contribution in [0.3, 0.4) is 0 Å². The van der Waals surface area contributed by atoms with Crippen molar-refractivity contribution in [3.05, 3.63) is 94.5 Å². The Morgan fingerprint density at radius 1 is 0.900 bits per heavy atom. The van der Waals surface area contributed by atoms with Gasteiger partial charge in [0.1, 0.15) is 12.6 Å². The molecule has 214 valence electrons. The maximum Gasteiger partial charge on any atom is 0.264 e. The van der Waals surface area contributed by atoms with Crippen molar-refractivity contribution in [3.63, 3.8) is 0 Å². The third-order valence-corrected chi connectivity index (χ3v) is 8.58. The van der Waals surface area contributed by atoms with Gasteiger partial charge in [-0.1, -0.05) is 61.0 Å². The van der Waals surface area contributed by atoms with E-state index in [4.69, 9.17) is 11.6 Å². The van der Waals surface area contributed by atoms with Crippen molar-refractivity contribution in [2.24, 2.45) is 0 Å². The minimum absolute atomic E-state index is 0.0101. The maximum absolute atomic E-state index is 14.2. The lowest BCUT2D eigenvalue weighted by Gasteiger charge is -2.35. The predicted molar refractivity (Wildman–Crippen MR) is 161 cm³/mol. The van der Waals surface area contributed by atoms with Gasteiger partial charge in [0.25, 0.3) is 10.0 Å². The van der Waals surface area contributed by atoms with Crippen LogP contribution in [0.15, 0.2) is 77.7 Å². The van der Waals surface area contributed by atoms with Gasteiger partial charge in [0, 0.05) is 17.1 Å². The molecule has 3 aromatic rings. The molecular weight excluding hydrogens is 546 g/mol. The number of hydrogen-bond donors (Lipinski definition) is 1. The molecule has 0 radical (unpaired) electrons. The second-order valence-corrected chi connectivity index (χ2v) is 13.2. The molecule has 3 rings (SSSR count). The summed E-state index contributed by atoms with van der Waals surface area (Å²) in [5.41, 5.74) is 2.41. The Labute approximate surface area is 243 Å². The van der Waals surface area contributed by atoms with Crippen LogP contribution in [0.25, 0.3) is 0 Å². The molecule has 1 N–H and O–H groups in total. The number of nitrogens with zero attached hydrogens (tertiary/aromatic N) is 2. The van der Waals surface area contributed by atoms with Gasteiger partial charge in [-0.25, -0.2) is 8.42 Å². The van der Waals surface area contributed by atoms with Crippen molar-refractivity contribution in [1.82, 2.24) is 10.2 Å². The summed E-state index contributed by atoms with van der Waals surface area (Å²) in [4.78, 5) is 29.1. The van der Waals surface area contributed by atoms with Gasteiger partial charge >= 0.3 is 0 Å². The Balaban J connectivity index is 2.10. The number of para-hydroxylation sites is 1. The van der Waals surface area contributed by atoms with E-state index in [0.717, 1.165) is 15.4 Å². The van der Waals surface area contributed by atoms with Crippen LogP contribution in [0.5, 0.6) is 0 Å². The van der Waals surface area contributed by atoms with Crippen molar-refractivity contribution in [1.29, 1.82) is 0 Å². The van der Waals surface area contributed by atoms with Gasteiger partial charge in [-0.2, -0.15) is 0 Å². The highest BCUT2D eigenvalue weighted by Crippen LogP contribution is 2.28. The molecule has 1 atom stereocenters. The minimum Gasteiger partial charge on any atom is -0.350 e. The number of anilines is 1. The second kappa shape index (κ2) is 12.9.